The molecule has 0 saturated carbocycles. The van der Waals surface area contributed by atoms with Crippen molar-refractivity contribution >= 4 is 23.4 Å². The number of hydrogen-bond acceptors (Lipinski definition) is 3. The second-order valence-electron chi connectivity index (χ2n) is 4.65. The Balaban J connectivity index is 3.07. The van der Waals surface area contributed by atoms with Crippen LogP contribution < -0.4 is 5.56 Å². The first-order valence-electron chi connectivity index (χ1n) is 7.22. The Hall–Kier alpha value is -0.740. The zero-order valence-electron chi connectivity index (χ0n) is 12.5. The second-order valence-corrected chi connectivity index (χ2v) is 6.35. The SMILES string of the molecule is C/C=C(/Cl)Sc1cc(=O)n(CCCC)c(CCCC)n1. The predicted molar refractivity (Wildman–Crippen MR) is 87.5 cm³/mol. The molecule has 0 atom stereocenters. The monoisotopic (exact) mass is 314 g/mol. The average molecular weight is 315 g/mol. The van der Waals surface area contributed by atoms with E-state index in [-0.39, 0.29) is 5.56 Å². The quantitative estimate of drug-likeness (QED) is 0.520. The van der Waals surface area contributed by atoms with E-state index in [1.54, 1.807) is 6.07 Å². The molecule has 0 unspecified atom stereocenters. The van der Waals surface area contributed by atoms with Crippen LogP contribution in [-0.4, -0.2) is 9.55 Å². The zero-order valence-corrected chi connectivity index (χ0v) is 14.1. The van der Waals surface area contributed by atoms with Gasteiger partial charge in [-0.05, 0) is 19.8 Å². The van der Waals surface area contributed by atoms with Gasteiger partial charge < -0.3 is 0 Å². The van der Waals surface area contributed by atoms with Gasteiger partial charge in [0.1, 0.15) is 10.9 Å². The molecule has 0 N–H and O–H groups in total. The summed E-state index contributed by atoms with van der Waals surface area (Å²) in [6.45, 7) is 6.89. The highest BCUT2D eigenvalue weighted by molar-refractivity contribution is 8.04. The van der Waals surface area contributed by atoms with Gasteiger partial charge in [-0.25, -0.2) is 4.98 Å². The van der Waals surface area contributed by atoms with E-state index >= 15 is 0 Å². The zero-order chi connectivity index (χ0) is 15.0. The van der Waals surface area contributed by atoms with Crippen LogP contribution in [0.4, 0.5) is 0 Å². The first-order chi connectivity index (χ1) is 9.62. The van der Waals surface area contributed by atoms with E-state index in [0.717, 1.165) is 44.5 Å². The molecule has 20 heavy (non-hydrogen) atoms. The third kappa shape index (κ3) is 5.33. The van der Waals surface area contributed by atoms with Crippen molar-refractivity contribution in [3.8, 4) is 0 Å². The summed E-state index contributed by atoms with van der Waals surface area (Å²) in [5, 5.41) is 0.692. The normalized spacial score (nSPS) is 11.9. The number of aryl methyl sites for hydroxylation is 1. The standard InChI is InChI=1S/C15H23ClN2OS/c1-4-7-9-13-17-14(20-12(16)6-3)11-15(19)18(13)10-8-5-2/h6,11H,4-5,7-10H2,1-3H3/b12-6-. The van der Waals surface area contributed by atoms with E-state index in [9.17, 15) is 4.79 Å². The molecule has 112 valence electrons. The first-order valence-corrected chi connectivity index (χ1v) is 8.42. The number of rotatable bonds is 8. The molecular formula is C15H23ClN2OS. The van der Waals surface area contributed by atoms with Crippen molar-refractivity contribution in [2.45, 2.75) is 64.4 Å². The minimum atomic E-state index is 0.0302. The van der Waals surface area contributed by atoms with Crippen LogP contribution in [-0.2, 0) is 13.0 Å². The maximum Gasteiger partial charge on any atom is 0.254 e. The maximum absolute atomic E-state index is 12.2. The Morgan fingerprint density at radius 3 is 2.70 bits per heavy atom. The van der Waals surface area contributed by atoms with Gasteiger partial charge in [0.2, 0.25) is 0 Å². The molecule has 1 aromatic heterocycles. The van der Waals surface area contributed by atoms with Crippen LogP contribution >= 0.6 is 23.4 Å². The second kappa shape index (κ2) is 9.24. The fraction of sp³-hybridized carbons (Fsp3) is 0.600. The molecule has 0 amide bonds. The maximum atomic E-state index is 12.2. The molecule has 0 aliphatic rings. The highest BCUT2D eigenvalue weighted by Crippen LogP contribution is 2.27. The lowest BCUT2D eigenvalue weighted by Crippen LogP contribution is -2.25. The van der Waals surface area contributed by atoms with E-state index in [1.807, 2.05) is 17.6 Å². The van der Waals surface area contributed by atoms with E-state index < -0.39 is 0 Å². The Morgan fingerprint density at radius 1 is 1.40 bits per heavy atom. The Labute approximate surface area is 130 Å². The van der Waals surface area contributed by atoms with Gasteiger partial charge in [-0.2, -0.15) is 0 Å². The fourth-order valence-corrected chi connectivity index (χ4v) is 2.69. The molecule has 0 fully saturated rings. The van der Waals surface area contributed by atoms with Gasteiger partial charge in [0.25, 0.3) is 5.56 Å². The molecular weight excluding hydrogens is 292 g/mol. The van der Waals surface area contributed by atoms with Crippen molar-refractivity contribution in [1.82, 2.24) is 9.55 Å². The molecule has 5 heteroatoms. The number of unbranched alkanes of at least 4 members (excludes halogenated alkanes) is 2. The van der Waals surface area contributed by atoms with Crippen molar-refractivity contribution in [3.05, 3.63) is 32.7 Å². The predicted octanol–water partition coefficient (Wildman–Crippen LogP) is 4.58. The molecule has 0 aromatic carbocycles. The number of thioether (sulfide) groups is 1. The molecule has 0 aliphatic carbocycles. The molecule has 0 bridgehead atoms. The lowest BCUT2D eigenvalue weighted by atomic mass is 10.2. The van der Waals surface area contributed by atoms with E-state index in [1.165, 1.54) is 11.8 Å². The molecule has 0 saturated heterocycles. The molecule has 0 spiro atoms. The highest BCUT2D eigenvalue weighted by atomic mass is 35.5. The van der Waals surface area contributed by atoms with Gasteiger partial charge in [-0.1, -0.05) is 56.1 Å². The Morgan fingerprint density at radius 2 is 2.10 bits per heavy atom. The minimum absolute atomic E-state index is 0.0302. The van der Waals surface area contributed by atoms with Crippen LogP contribution in [0.2, 0.25) is 0 Å². The van der Waals surface area contributed by atoms with E-state index in [2.05, 4.69) is 18.8 Å². The highest BCUT2D eigenvalue weighted by Gasteiger charge is 2.09. The molecule has 0 aliphatic heterocycles. The van der Waals surface area contributed by atoms with Crippen LogP contribution in [0.3, 0.4) is 0 Å². The summed E-state index contributed by atoms with van der Waals surface area (Å²) >= 11 is 7.35. The van der Waals surface area contributed by atoms with Crippen LogP contribution in [0.5, 0.6) is 0 Å². The van der Waals surface area contributed by atoms with Crippen molar-refractivity contribution in [1.29, 1.82) is 0 Å². The van der Waals surface area contributed by atoms with Crippen molar-refractivity contribution in [3.63, 3.8) is 0 Å². The number of allylic oxidation sites excluding steroid dienone is 1. The number of aromatic nitrogens is 2. The smallest absolute Gasteiger partial charge is 0.254 e. The third-order valence-corrected chi connectivity index (χ3v) is 4.28. The van der Waals surface area contributed by atoms with Crippen LogP contribution in [0.25, 0.3) is 0 Å². The number of nitrogens with zero attached hydrogens (tertiary/aromatic N) is 2. The third-order valence-electron chi connectivity index (χ3n) is 2.98. The molecule has 1 aromatic rings. The van der Waals surface area contributed by atoms with Crippen molar-refractivity contribution in [2.75, 3.05) is 0 Å². The molecule has 1 rings (SSSR count). The lowest BCUT2D eigenvalue weighted by Gasteiger charge is -2.12. The number of hydrogen-bond donors (Lipinski definition) is 0. The number of halogens is 1. The van der Waals surface area contributed by atoms with Gasteiger partial charge >= 0.3 is 0 Å². The van der Waals surface area contributed by atoms with Crippen molar-refractivity contribution in [2.24, 2.45) is 0 Å². The van der Waals surface area contributed by atoms with E-state index in [4.69, 9.17) is 11.6 Å². The van der Waals surface area contributed by atoms with E-state index in [0.29, 0.717) is 9.39 Å². The average Bonchev–Trinajstić information content (AvgIpc) is 2.43. The molecule has 3 nitrogen and oxygen atoms in total. The topological polar surface area (TPSA) is 34.9 Å². The fourth-order valence-electron chi connectivity index (χ4n) is 1.82. The summed E-state index contributed by atoms with van der Waals surface area (Å²) in [6, 6.07) is 1.58. The summed E-state index contributed by atoms with van der Waals surface area (Å²) in [6.07, 6.45) is 6.86. The summed E-state index contributed by atoms with van der Waals surface area (Å²) in [5.41, 5.74) is 0.0302. The van der Waals surface area contributed by atoms with Crippen molar-refractivity contribution < 1.29 is 0 Å². The molecule has 1 heterocycles. The minimum Gasteiger partial charge on any atom is -0.297 e. The summed E-state index contributed by atoms with van der Waals surface area (Å²) < 4.78 is 2.46. The molecule has 0 radical (unpaired) electrons. The van der Waals surface area contributed by atoms with Crippen LogP contribution in [0.1, 0.15) is 52.3 Å². The Kier molecular flexibility index (Phi) is 8.00. The van der Waals surface area contributed by atoms with Gasteiger partial charge in [0, 0.05) is 19.0 Å². The summed E-state index contributed by atoms with van der Waals surface area (Å²) in [7, 11) is 0. The Bertz CT molecular complexity index is 511. The van der Waals surface area contributed by atoms with Crippen LogP contribution in [0.15, 0.2) is 26.3 Å². The largest absolute Gasteiger partial charge is 0.297 e. The summed E-state index contributed by atoms with van der Waals surface area (Å²) in [4.78, 5) is 16.9. The van der Waals surface area contributed by atoms with Gasteiger partial charge in [0.05, 0.1) is 4.36 Å². The lowest BCUT2D eigenvalue weighted by molar-refractivity contribution is 0.552. The first kappa shape index (κ1) is 17.3. The summed E-state index contributed by atoms with van der Waals surface area (Å²) in [5.74, 6) is 0.885. The van der Waals surface area contributed by atoms with Gasteiger partial charge in [0.15, 0.2) is 0 Å². The van der Waals surface area contributed by atoms with Crippen LogP contribution in [0, 0.1) is 0 Å². The van der Waals surface area contributed by atoms with Gasteiger partial charge in [-0.3, -0.25) is 9.36 Å². The van der Waals surface area contributed by atoms with Gasteiger partial charge in [-0.15, -0.1) is 0 Å².